The van der Waals surface area contributed by atoms with E-state index in [0.717, 1.165) is 12.8 Å². The van der Waals surface area contributed by atoms with E-state index in [2.05, 4.69) is 5.32 Å². The molecule has 4 nitrogen and oxygen atoms in total. The number of carbonyl (C=O) groups excluding carboxylic acids is 1. The van der Waals surface area contributed by atoms with Crippen LogP contribution in [0.5, 0.6) is 0 Å². The van der Waals surface area contributed by atoms with Gasteiger partial charge in [-0.15, -0.1) is 0 Å². The molecule has 4 heteroatoms. The van der Waals surface area contributed by atoms with Crippen molar-refractivity contribution in [2.45, 2.75) is 39.2 Å². The molecule has 3 atom stereocenters. The van der Waals surface area contributed by atoms with Crippen LogP contribution in [0.4, 0.5) is 0 Å². The molecule has 0 heterocycles. The van der Waals surface area contributed by atoms with Crippen LogP contribution in [-0.4, -0.2) is 29.7 Å². The van der Waals surface area contributed by atoms with E-state index in [1.807, 2.05) is 20.8 Å². The van der Waals surface area contributed by atoms with Crippen molar-refractivity contribution in [3.05, 3.63) is 0 Å². The van der Waals surface area contributed by atoms with Gasteiger partial charge in [0.15, 0.2) is 0 Å². The molecular formula is C12H24N2O2. The average Bonchev–Trinajstić information content (AvgIpc) is 2.16. The van der Waals surface area contributed by atoms with Crippen LogP contribution in [0.2, 0.25) is 0 Å². The molecule has 1 aliphatic carbocycles. The van der Waals surface area contributed by atoms with Crippen molar-refractivity contribution >= 4 is 5.91 Å². The van der Waals surface area contributed by atoms with Crippen LogP contribution in [0.25, 0.3) is 0 Å². The minimum atomic E-state index is -0.175. The summed E-state index contributed by atoms with van der Waals surface area (Å²) in [6, 6.07) is 0. The third-order valence-electron chi connectivity index (χ3n) is 3.81. The largest absolute Gasteiger partial charge is 0.396 e. The number of nitrogens with two attached hydrogens (primary N) is 1. The Bertz CT molecular complexity index is 243. The molecule has 0 aromatic rings. The molecule has 0 aromatic heterocycles. The molecule has 4 N–H and O–H groups in total. The minimum absolute atomic E-state index is 0.0487. The summed E-state index contributed by atoms with van der Waals surface area (Å²) < 4.78 is 0. The van der Waals surface area contributed by atoms with E-state index in [-0.39, 0.29) is 35.8 Å². The van der Waals surface area contributed by atoms with Crippen LogP contribution in [-0.2, 0) is 4.79 Å². The van der Waals surface area contributed by atoms with Crippen molar-refractivity contribution in [1.29, 1.82) is 0 Å². The Labute approximate surface area is 97.6 Å². The van der Waals surface area contributed by atoms with Crippen LogP contribution in [0.3, 0.4) is 0 Å². The van der Waals surface area contributed by atoms with Crippen LogP contribution in [0, 0.1) is 17.8 Å². The molecule has 1 saturated carbocycles. The van der Waals surface area contributed by atoms with Gasteiger partial charge in [-0.1, -0.05) is 6.92 Å². The predicted octanol–water partition coefficient (Wildman–Crippen LogP) is 0.495. The molecule has 0 aromatic carbocycles. The molecule has 0 bridgehead atoms. The summed E-state index contributed by atoms with van der Waals surface area (Å²) in [5, 5.41) is 12.2. The highest BCUT2D eigenvalue weighted by molar-refractivity contribution is 5.81. The number of aliphatic hydroxyl groups is 1. The minimum Gasteiger partial charge on any atom is -0.396 e. The first-order chi connectivity index (χ1) is 7.45. The Morgan fingerprint density at radius 2 is 2.12 bits per heavy atom. The normalized spacial score (nSPS) is 29.7. The molecule has 1 fully saturated rings. The van der Waals surface area contributed by atoms with Gasteiger partial charge in [-0.2, -0.15) is 0 Å². The van der Waals surface area contributed by atoms with Crippen molar-refractivity contribution in [2.75, 3.05) is 13.2 Å². The van der Waals surface area contributed by atoms with E-state index < -0.39 is 0 Å². The molecule has 1 rings (SSSR count). The van der Waals surface area contributed by atoms with Crippen molar-refractivity contribution in [2.24, 2.45) is 23.5 Å². The number of hydrogen-bond acceptors (Lipinski definition) is 3. The first kappa shape index (κ1) is 13.5. The summed E-state index contributed by atoms with van der Waals surface area (Å²) in [6.07, 6.45) is 1.76. The Balaban J connectivity index is 2.58. The number of nitrogens with one attached hydrogen (secondary N) is 1. The number of amides is 1. The van der Waals surface area contributed by atoms with Crippen molar-refractivity contribution < 1.29 is 9.90 Å². The van der Waals surface area contributed by atoms with Crippen molar-refractivity contribution in [1.82, 2.24) is 5.32 Å². The predicted molar refractivity (Wildman–Crippen MR) is 63.7 cm³/mol. The first-order valence-corrected chi connectivity index (χ1v) is 6.08. The summed E-state index contributed by atoms with van der Waals surface area (Å²) in [5.74, 6) is 0.291. The van der Waals surface area contributed by atoms with Gasteiger partial charge < -0.3 is 16.2 Å². The Morgan fingerprint density at radius 3 is 2.56 bits per heavy atom. The van der Waals surface area contributed by atoms with Gasteiger partial charge in [-0.25, -0.2) is 0 Å². The van der Waals surface area contributed by atoms with E-state index in [1.165, 1.54) is 0 Å². The van der Waals surface area contributed by atoms with Crippen molar-refractivity contribution in [3.8, 4) is 0 Å². The summed E-state index contributed by atoms with van der Waals surface area (Å²) in [4.78, 5) is 12.1. The number of hydrogen-bond donors (Lipinski definition) is 3. The van der Waals surface area contributed by atoms with E-state index in [4.69, 9.17) is 10.8 Å². The van der Waals surface area contributed by atoms with Gasteiger partial charge in [0.1, 0.15) is 0 Å². The van der Waals surface area contributed by atoms with Crippen molar-refractivity contribution in [3.63, 3.8) is 0 Å². The molecule has 0 aliphatic heterocycles. The Kier molecular flexibility index (Phi) is 4.33. The molecule has 3 unspecified atom stereocenters. The van der Waals surface area contributed by atoms with E-state index in [1.54, 1.807) is 0 Å². The van der Waals surface area contributed by atoms with Crippen LogP contribution >= 0.6 is 0 Å². The van der Waals surface area contributed by atoms with Gasteiger partial charge in [-0.3, -0.25) is 4.79 Å². The van der Waals surface area contributed by atoms with E-state index >= 15 is 0 Å². The topological polar surface area (TPSA) is 75.4 Å². The van der Waals surface area contributed by atoms with Gasteiger partial charge in [-0.05, 0) is 45.1 Å². The second kappa shape index (κ2) is 5.15. The van der Waals surface area contributed by atoms with E-state index in [9.17, 15) is 4.79 Å². The van der Waals surface area contributed by atoms with Crippen LogP contribution in [0.1, 0.15) is 33.6 Å². The molecule has 0 spiro atoms. The maximum absolute atomic E-state index is 12.1. The molecular weight excluding hydrogens is 204 g/mol. The number of aliphatic hydroxyl groups excluding tert-OH is 1. The molecule has 1 amide bonds. The fraction of sp³-hybridized carbons (Fsp3) is 0.917. The lowest BCUT2D eigenvalue weighted by Crippen LogP contribution is -2.55. The summed E-state index contributed by atoms with van der Waals surface area (Å²) in [5.41, 5.74) is 5.44. The summed E-state index contributed by atoms with van der Waals surface area (Å²) >= 11 is 0. The Hall–Kier alpha value is -0.610. The van der Waals surface area contributed by atoms with Gasteiger partial charge in [0.05, 0.1) is 0 Å². The van der Waals surface area contributed by atoms with Gasteiger partial charge in [0.2, 0.25) is 5.91 Å². The SMILES string of the molecule is CCC(C)(C)NC(=O)C1C(CN)CC1CO. The highest BCUT2D eigenvalue weighted by Gasteiger charge is 2.45. The number of rotatable bonds is 5. The van der Waals surface area contributed by atoms with E-state index in [0.29, 0.717) is 6.54 Å². The lowest BCUT2D eigenvalue weighted by Gasteiger charge is -2.43. The smallest absolute Gasteiger partial charge is 0.224 e. The lowest BCUT2D eigenvalue weighted by atomic mass is 9.64. The number of carbonyl (C=O) groups is 1. The fourth-order valence-corrected chi connectivity index (χ4v) is 2.24. The van der Waals surface area contributed by atoms with Crippen LogP contribution < -0.4 is 11.1 Å². The highest BCUT2D eigenvalue weighted by atomic mass is 16.3. The zero-order valence-electron chi connectivity index (χ0n) is 10.5. The molecule has 1 aliphatic rings. The van der Waals surface area contributed by atoms with Gasteiger partial charge in [0, 0.05) is 18.1 Å². The maximum Gasteiger partial charge on any atom is 0.224 e. The summed E-state index contributed by atoms with van der Waals surface area (Å²) in [7, 11) is 0. The lowest BCUT2D eigenvalue weighted by molar-refractivity contribution is -0.137. The van der Waals surface area contributed by atoms with Gasteiger partial charge >= 0.3 is 0 Å². The molecule has 16 heavy (non-hydrogen) atoms. The third kappa shape index (κ3) is 2.74. The second-order valence-corrected chi connectivity index (χ2v) is 5.43. The average molecular weight is 228 g/mol. The fourth-order valence-electron chi connectivity index (χ4n) is 2.24. The molecule has 0 radical (unpaired) electrons. The third-order valence-corrected chi connectivity index (χ3v) is 3.81. The molecule has 0 saturated heterocycles. The molecule has 94 valence electrons. The summed E-state index contributed by atoms with van der Waals surface area (Å²) in [6.45, 7) is 6.68. The second-order valence-electron chi connectivity index (χ2n) is 5.43. The quantitative estimate of drug-likeness (QED) is 0.641. The maximum atomic E-state index is 12.1. The standard InChI is InChI=1S/C12H24N2O2/c1-4-12(2,3)14-11(16)10-8(6-13)5-9(10)7-15/h8-10,15H,4-7,13H2,1-3H3,(H,14,16). The van der Waals surface area contributed by atoms with Crippen LogP contribution in [0.15, 0.2) is 0 Å². The monoisotopic (exact) mass is 228 g/mol. The highest BCUT2D eigenvalue weighted by Crippen LogP contribution is 2.39. The first-order valence-electron chi connectivity index (χ1n) is 6.08. The zero-order valence-corrected chi connectivity index (χ0v) is 10.5. The zero-order chi connectivity index (χ0) is 12.3. The Morgan fingerprint density at radius 1 is 1.50 bits per heavy atom. The van der Waals surface area contributed by atoms with Gasteiger partial charge in [0.25, 0.3) is 0 Å².